The van der Waals surface area contributed by atoms with Crippen molar-refractivity contribution in [2.45, 2.75) is 13.8 Å². The van der Waals surface area contributed by atoms with E-state index in [2.05, 4.69) is 55.2 Å². The number of aromatic nitrogens is 4. The van der Waals surface area contributed by atoms with Gasteiger partial charge in [0.1, 0.15) is 11.6 Å². The normalized spacial score (nSPS) is 10.4. The number of aryl methyl sites for hydroxylation is 1. The van der Waals surface area contributed by atoms with Crippen LogP contribution in [0.2, 0.25) is 0 Å². The number of ether oxygens (including phenoxy) is 1. The van der Waals surface area contributed by atoms with Gasteiger partial charge < -0.3 is 21.1 Å². The molecular formula is C20H23N7O2. The minimum absolute atomic E-state index is 0.159. The Morgan fingerprint density at radius 3 is 2.52 bits per heavy atom. The number of rotatable bonds is 7. The maximum Gasteiger partial charge on any atom is 0.358 e. The number of nitrogen functional groups attached to an aromatic ring is 1. The summed E-state index contributed by atoms with van der Waals surface area (Å²) in [7, 11) is 1.30. The molecule has 1 aromatic carbocycles. The molecule has 9 heteroatoms. The molecule has 29 heavy (non-hydrogen) atoms. The molecule has 0 aliphatic heterocycles. The van der Waals surface area contributed by atoms with Crippen LogP contribution in [0.4, 0.5) is 17.6 Å². The van der Waals surface area contributed by atoms with E-state index >= 15 is 0 Å². The lowest BCUT2D eigenvalue weighted by Crippen LogP contribution is -2.16. The van der Waals surface area contributed by atoms with Crippen molar-refractivity contribution in [3.63, 3.8) is 0 Å². The number of carbonyl (C=O) groups is 1. The lowest BCUT2D eigenvalue weighted by molar-refractivity contribution is 0.0593. The standard InChI is InChI=1S/C20H23N7O2/c1-12-5-4-6-14(13(12)2)15-9-17(27-20(21)26-15)22-7-8-23-18-11-24-16(10-25-18)19(28)29-3/h4-6,9-11H,7-8H2,1-3H3,(H,23,25)(H3,21,22,26,27). The molecule has 0 unspecified atom stereocenters. The van der Waals surface area contributed by atoms with Gasteiger partial charge in [0, 0.05) is 24.7 Å². The predicted molar refractivity (Wildman–Crippen MR) is 112 cm³/mol. The van der Waals surface area contributed by atoms with Crippen molar-refractivity contribution in [1.29, 1.82) is 0 Å². The highest BCUT2D eigenvalue weighted by Crippen LogP contribution is 2.25. The van der Waals surface area contributed by atoms with E-state index in [9.17, 15) is 4.79 Å². The predicted octanol–water partition coefficient (Wildman–Crippen LogP) is 2.44. The fourth-order valence-corrected chi connectivity index (χ4v) is 2.73. The zero-order chi connectivity index (χ0) is 20.8. The quantitative estimate of drug-likeness (QED) is 0.409. The summed E-state index contributed by atoms with van der Waals surface area (Å²) in [6, 6.07) is 7.96. The number of hydrogen-bond acceptors (Lipinski definition) is 9. The van der Waals surface area contributed by atoms with Crippen molar-refractivity contribution in [1.82, 2.24) is 19.9 Å². The zero-order valence-corrected chi connectivity index (χ0v) is 16.6. The van der Waals surface area contributed by atoms with Crippen molar-refractivity contribution in [2.75, 3.05) is 36.6 Å². The van der Waals surface area contributed by atoms with E-state index in [4.69, 9.17) is 5.73 Å². The Hall–Kier alpha value is -3.75. The zero-order valence-electron chi connectivity index (χ0n) is 16.6. The molecule has 0 saturated carbocycles. The third kappa shape index (κ3) is 4.95. The Morgan fingerprint density at radius 2 is 1.83 bits per heavy atom. The van der Waals surface area contributed by atoms with Crippen LogP contribution in [0.1, 0.15) is 21.6 Å². The summed E-state index contributed by atoms with van der Waals surface area (Å²) in [5, 5.41) is 6.34. The highest BCUT2D eigenvalue weighted by Gasteiger charge is 2.09. The van der Waals surface area contributed by atoms with Crippen LogP contribution in [0.5, 0.6) is 0 Å². The van der Waals surface area contributed by atoms with Crippen molar-refractivity contribution < 1.29 is 9.53 Å². The van der Waals surface area contributed by atoms with E-state index in [-0.39, 0.29) is 11.6 Å². The van der Waals surface area contributed by atoms with Crippen LogP contribution in [0.3, 0.4) is 0 Å². The summed E-state index contributed by atoms with van der Waals surface area (Å²) in [4.78, 5) is 28.1. The van der Waals surface area contributed by atoms with Gasteiger partial charge in [-0.05, 0) is 25.0 Å². The van der Waals surface area contributed by atoms with E-state index < -0.39 is 5.97 Å². The number of hydrogen-bond donors (Lipinski definition) is 3. The van der Waals surface area contributed by atoms with Crippen molar-refractivity contribution in [3.8, 4) is 11.3 Å². The molecule has 3 rings (SSSR count). The molecule has 0 bridgehead atoms. The maximum atomic E-state index is 11.4. The van der Waals surface area contributed by atoms with E-state index in [1.54, 1.807) is 0 Å². The van der Waals surface area contributed by atoms with E-state index in [1.165, 1.54) is 25.1 Å². The smallest absolute Gasteiger partial charge is 0.358 e. The Kier molecular flexibility index (Phi) is 6.18. The maximum absolute atomic E-state index is 11.4. The average molecular weight is 393 g/mol. The molecular weight excluding hydrogens is 370 g/mol. The van der Waals surface area contributed by atoms with Gasteiger partial charge in [0.2, 0.25) is 5.95 Å². The molecule has 4 N–H and O–H groups in total. The number of esters is 1. The molecule has 0 atom stereocenters. The molecule has 0 spiro atoms. The van der Waals surface area contributed by atoms with Crippen molar-refractivity contribution >= 4 is 23.6 Å². The fourth-order valence-electron chi connectivity index (χ4n) is 2.73. The van der Waals surface area contributed by atoms with Crippen LogP contribution in [-0.2, 0) is 4.74 Å². The van der Waals surface area contributed by atoms with E-state index in [0.717, 1.165) is 16.8 Å². The topological polar surface area (TPSA) is 128 Å². The minimum Gasteiger partial charge on any atom is -0.464 e. The first-order valence-electron chi connectivity index (χ1n) is 9.07. The first-order valence-corrected chi connectivity index (χ1v) is 9.07. The third-order valence-corrected chi connectivity index (χ3v) is 4.41. The van der Waals surface area contributed by atoms with Gasteiger partial charge >= 0.3 is 5.97 Å². The molecule has 3 aromatic rings. The summed E-state index contributed by atoms with van der Waals surface area (Å²) in [5.41, 5.74) is 10.2. The molecule has 0 radical (unpaired) electrons. The molecule has 0 aliphatic rings. The minimum atomic E-state index is -0.522. The highest BCUT2D eigenvalue weighted by molar-refractivity contribution is 5.86. The second-order valence-corrected chi connectivity index (χ2v) is 6.38. The molecule has 0 saturated heterocycles. The van der Waals surface area contributed by atoms with Gasteiger partial charge in [-0.1, -0.05) is 18.2 Å². The fraction of sp³-hybridized carbons (Fsp3) is 0.250. The largest absolute Gasteiger partial charge is 0.464 e. The molecule has 2 aromatic heterocycles. The van der Waals surface area contributed by atoms with Crippen LogP contribution in [0, 0.1) is 13.8 Å². The molecule has 0 fully saturated rings. The van der Waals surface area contributed by atoms with Crippen LogP contribution in [0.25, 0.3) is 11.3 Å². The monoisotopic (exact) mass is 393 g/mol. The number of anilines is 3. The molecule has 0 amide bonds. The van der Waals surface area contributed by atoms with Crippen molar-refractivity contribution in [3.05, 3.63) is 53.5 Å². The molecule has 150 valence electrons. The molecule has 9 nitrogen and oxygen atoms in total. The van der Waals surface area contributed by atoms with Crippen LogP contribution in [0.15, 0.2) is 36.7 Å². The van der Waals surface area contributed by atoms with Crippen LogP contribution >= 0.6 is 0 Å². The molecule has 0 aliphatic carbocycles. The third-order valence-electron chi connectivity index (χ3n) is 4.41. The van der Waals surface area contributed by atoms with Gasteiger partial charge in [0.15, 0.2) is 5.69 Å². The van der Waals surface area contributed by atoms with Gasteiger partial charge in [-0.2, -0.15) is 4.98 Å². The second-order valence-electron chi connectivity index (χ2n) is 6.38. The Bertz CT molecular complexity index is 1010. The van der Waals surface area contributed by atoms with Gasteiger partial charge in [0.05, 0.1) is 25.2 Å². The molecule has 2 heterocycles. The Labute approximate surface area is 168 Å². The highest BCUT2D eigenvalue weighted by atomic mass is 16.5. The van der Waals surface area contributed by atoms with Gasteiger partial charge in [-0.3, -0.25) is 0 Å². The SMILES string of the molecule is COC(=O)c1cnc(NCCNc2cc(-c3cccc(C)c3C)nc(N)n2)cn1. The number of nitrogens with zero attached hydrogens (tertiary/aromatic N) is 4. The number of carbonyl (C=O) groups excluding carboxylic acids is 1. The first kappa shape index (κ1) is 20.0. The van der Waals surface area contributed by atoms with Crippen molar-refractivity contribution in [2.24, 2.45) is 0 Å². The van der Waals surface area contributed by atoms with Crippen LogP contribution in [-0.4, -0.2) is 46.1 Å². The lowest BCUT2D eigenvalue weighted by atomic mass is 10.0. The van der Waals surface area contributed by atoms with Gasteiger partial charge in [0.25, 0.3) is 0 Å². The summed E-state index contributed by atoms with van der Waals surface area (Å²) in [6.45, 7) is 5.26. The number of nitrogens with one attached hydrogen (secondary N) is 2. The van der Waals surface area contributed by atoms with Gasteiger partial charge in [-0.15, -0.1) is 0 Å². The number of nitrogens with two attached hydrogens (primary N) is 1. The second kappa shape index (κ2) is 8.96. The van der Waals surface area contributed by atoms with Crippen LogP contribution < -0.4 is 16.4 Å². The Balaban J connectivity index is 1.60. The summed E-state index contributed by atoms with van der Waals surface area (Å²) >= 11 is 0. The average Bonchev–Trinajstić information content (AvgIpc) is 2.72. The summed E-state index contributed by atoms with van der Waals surface area (Å²) in [6.07, 6.45) is 2.84. The van der Waals surface area contributed by atoms with E-state index in [0.29, 0.717) is 24.7 Å². The first-order chi connectivity index (χ1) is 14.0. The Morgan fingerprint density at radius 1 is 1.07 bits per heavy atom. The van der Waals surface area contributed by atoms with Gasteiger partial charge in [-0.25, -0.2) is 19.7 Å². The summed E-state index contributed by atoms with van der Waals surface area (Å²) < 4.78 is 4.59. The number of benzene rings is 1. The lowest BCUT2D eigenvalue weighted by Gasteiger charge is -2.12. The summed E-state index contributed by atoms with van der Waals surface area (Å²) in [5.74, 6) is 0.884. The number of methoxy groups -OCH3 is 1. The van der Waals surface area contributed by atoms with E-state index in [1.807, 2.05) is 18.2 Å².